The SMILES string of the molecule is O=C1CC(c2nc(-c3ccccc3)nc(-c3ccccc3)n2)c2c(n(-c3ccccc3)c3ccccc23)C2=C1c1ccccc1CCC2c1ccccc1. The highest BCUT2D eigenvalue weighted by molar-refractivity contribution is 6.30. The first-order valence-electron chi connectivity index (χ1n) is 18.7. The van der Waals surface area contributed by atoms with Crippen LogP contribution in [0, 0.1) is 0 Å². The van der Waals surface area contributed by atoms with Gasteiger partial charge in [0.05, 0.1) is 17.1 Å². The van der Waals surface area contributed by atoms with E-state index in [1.807, 2.05) is 60.7 Å². The molecule has 0 radical (unpaired) electrons. The van der Waals surface area contributed by atoms with Gasteiger partial charge in [-0.15, -0.1) is 0 Å². The number of rotatable bonds is 5. The number of hydrogen-bond acceptors (Lipinski definition) is 4. The Bertz CT molecular complexity index is 2640. The summed E-state index contributed by atoms with van der Waals surface area (Å²) in [5.74, 6) is 1.40. The second-order valence-corrected chi connectivity index (χ2v) is 14.2. The maximum Gasteiger partial charge on any atom is 0.164 e. The molecule has 0 spiro atoms. The molecule has 2 unspecified atom stereocenters. The summed E-state index contributed by atoms with van der Waals surface area (Å²) in [6.07, 6.45) is 1.96. The quantitative estimate of drug-likeness (QED) is 0.180. The van der Waals surface area contributed by atoms with Crippen LogP contribution in [0.2, 0.25) is 0 Å². The molecule has 0 saturated carbocycles. The third-order valence-electron chi connectivity index (χ3n) is 11.0. The molecule has 0 amide bonds. The van der Waals surface area contributed by atoms with Crippen LogP contribution in [0.4, 0.5) is 0 Å². The van der Waals surface area contributed by atoms with Crippen molar-refractivity contribution in [2.45, 2.75) is 31.1 Å². The summed E-state index contributed by atoms with van der Waals surface area (Å²) in [5, 5.41) is 1.09. The molecule has 2 atom stereocenters. The molecule has 0 saturated heterocycles. The van der Waals surface area contributed by atoms with Crippen molar-refractivity contribution in [3.8, 4) is 28.5 Å². The Morgan fingerprint density at radius 2 is 1.13 bits per heavy atom. The zero-order valence-corrected chi connectivity index (χ0v) is 29.6. The molecule has 258 valence electrons. The molecule has 6 aromatic carbocycles. The predicted molar refractivity (Wildman–Crippen MR) is 216 cm³/mol. The fraction of sp³-hybridized carbons (Fsp3) is 0.102. The second-order valence-electron chi connectivity index (χ2n) is 14.2. The minimum atomic E-state index is -0.453. The number of benzene rings is 6. The zero-order valence-electron chi connectivity index (χ0n) is 29.6. The van der Waals surface area contributed by atoms with Crippen LogP contribution >= 0.6 is 0 Å². The van der Waals surface area contributed by atoms with Crippen LogP contribution < -0.4 is 0 Å². The van der Waals surface area contributed by atoms with Gasteiger partial charge in [0.1, 0.15) is 5.82 Å². The number of aromatic nitrogens is 4. The lowest BCUT2D eigenvalue weighted by molar-refractivity contribution is -0.113. The molecule has 10 rings (SSSR count). The number of allylic oxidation sites excluding steroid dienone is 2. The van der Waals surface area contributed by atoms with Gasteiger partial charge >= 0.3 is 0 Å². The van der Waals surface area contributed by atoms with Crippen molar-refractivity contribution in [2.75, 3.05) is 0 Å². The number of para-hydroxylation sites is 2. The topological polar surface area (TPSA) is 60.7 Å². The Kier molecular flexibility index (Phi) is 7.91. The number of hydrogen-bond donors (Lipinski definition) is 0. The van der Waals surface area contributed by atoms with Gasteiger partial charge < -0.3 is 4.57 Å². The van der Waals surface area contributed by atoms with Gasteiger partial charge in [-0.05, 0) is 58.9 Å². The smallest absolute Gasteiger partial charge is 0.164 e. The Balaban J connectivity index is 1.34. The molecule has 0 bridgehead atoms. The number of nitrogens with zero attached hydrogens (tertiary/aromatic N) is 4. The molecule has 2 aromatic heterocycles. The van der Waals surface area contributed by atoms with E-state index in [1.165, 1.54) is 11.1 Å². The van der Waals surface area contributed by atoms with Gasteiger partial charge in [-0.2, -0.15) is 0 Å². The highest BCUT2D eigenvalue weighted by atomic mass is 16.1. The molecular weight excluding hydrogens is 661 g/mol. The first-order chi connectivity index (χ1) is 26.7. The lowest BCUT2D eigenvalue weighted by atomic mass is 9.82. The van der Waals surface area contributed by atoms with Crippen molar-refractivity contribution < 1.29 is 4.79 Å². The Morgan fingerprint density at radius 1 is 0.556 bits per heavy atom. The average Bonchev–Trinajstić information content (AvgIpc) is 3.39. The van der Waals surface area contributed by atoms with Crippen molar-refractivity contribution in [2.24, 2.45) is 0 Å². The van der Waals surface area contributed by atoms with Crippen molar-refractivity contribution in [1.82, 2.24) is 19.5 Å². The van der Waals surface area contributed by atoms with Crippen LogP contribution in [0.5, 0.6) is 0 Å². The lowest BCUT2D eigenvalue weighted by Crippen LogP contribution is -2.14. The van der Waals surface area contributed by atoms with E-state index in [-0.39, 0.29) is 18.1 Å². The maximum absolute atomic E-state index is 15.4. The molecule has 0 N–H and O–H groups in total. The largest absolute Gasteiger partial charge is 0.309 e. The molecule has 5 nitrogen and oxygen atoms in total. The second kappa shape index (κ2) is 13.4. The molecular formula is C49H36N4O. The molecule has 5 heteroatoms. The van der Waals surface area contributed by atoms with Crippen LogP contribution in [0.1, 0.15) is 58.4 Å². The Morgan fingerprint density at radius 3 is 1.81 bits per heavy atom. The van der Waals surface area contributed by atoms with E-state index in [1.54, 1.807) is 0 Å². The Labute approximate surface area is 314 Å². The van der Waals surface area contributed by atoms with Crippen molar-refractivity contribution in [3.05, 3.63) is 204 Å². The first kappa shape index (κ1) is 32.0. The normalized spacial score (nSPS) is 16.6. The third-order valence-corrected chi connectivity index (χ3v) is 11.0. The number of carbonyl (C=O) groups excluding carboxylic acids is 1. The summed E-state index contributed by atoms with van der Waals surface area (Å²) in [6.45, 7) is 0. The number of ketones is 1. The van der Waals surface area contributed by atoms with E-state index in [9.17, 15) is 0 Å². The summed E-state index contributed by atoms with van der Waals surface area (Å²) >= 11 is 0. The highest BCUT2D eigenvalue weighted by Crippen LogP contribution is 2.53. The minimum absolute atomic E-state index is 0.0278. The van der Waals surface area contributed by atoms with Crippen LogP contribution in [-0.2, 0) is 11.2 Å². The number of aryl methyl sites for hydroxylation is 1. The van der Waals surface area contributed by atoms with Crippen LogP contribution in [0.15, 0.2) is 170 Å². The number of Topliss-reactive ketones (excluding diaryl/α,β-unsaturated/α-hetero) is 1. The predicted octanol–water partition coefficient (Wildman–Crippen LogP) is 10.9. The van der Waals surface area contributed by atoms with E-state index in [0.717, 1.165) is 68.5 Å². The summed E-state index contributed by atoms with van der Waals surface area (Å²) in [6, 6.07) is 58.6. The van der Waals surface area contributed by atoms with Gasteiger partial charge in [0.15, 0.2) is 17.4 Å². The monoisotopic (exact) mass is 696 g/mol. The molecule has 0 aliphatic heterocycles. The number of fused-ring (bicyclic) bond motifs is 6. The van der Waals surface area contributed by atoms with E-state index in [0.29, 0.717) is 17.5 Å². The summed E-state index contributed by atoms with van der Waals surface area (Å²) in [4.78, 5) is 31.0. The Hall–Kier alpha value is -6.72. The third kappa shape index (κ3) is 5.40. The molecule has 2 aliphatic rings. The number of carbonyl (C=O) groups is 1. The standard InChI is InChI=1S/C49H36N4O/c54-42-31-40(49-51-47(34-20-7-2-8-21-34)50-48(52-49)35-22-9-3-10-23-35)43-39-27-15-16-28-41(39)53(36-24-11-4-12-25-36)46(43)45-38(32-17-5-1-6-18-32)30-29-33-19-13-14-26-37(33)44(42)45/h1-28,38,40H,29-31H2. The fourth-order valence-electron chi connectivity index (χ4n) is 8.67. The zero-order chi connectivity index (χ0) is 36.0. The van der Waals surface area contributed by atoms with Crippen LogP contribution in [-0.4, -0.2) is 25.3 Å². The van der Waals surface area contributed by atoms with Crippen LogP contribution in [0.3, 0.4) is 0 Å². The van der Waals surface area contributed by atoms with E-state index >= 15 is 4.79 Å². The highest BCUT2D eigenvalue weighted by Gasteiger charge is 2.41. The van der Waals surface area contributed by atoms with Gasteiger partial charge in [-0.25, -0.2) is 15.0 Å². The molecule has 0 fully saturated rings. The molecule has 54 heavy (non-hydrogen) atoms. The molecule has 2 heterocycles. The fourth-order valence-corrected chi connectivity index (χ4v) is 8.67. The average molecular weight is 697 g/mol. The van der Waals surface area contributed by atoms with Crippen molar-refractivity contribution in [1.29, 1.82) is 0 Å². The first-order valence-corrected chi connectivity index (χ1v) is 18.7. The summed E-state index contributed by atoms with van der Waals surface area (Å²) in [5.41, 5.74) is 11.4. The minimum Gasteiger partial charge on any atom is -0.309 e. The summed E-state index contributed by atoms with van der Waals surface area (Å²) in [7, 11) is 0. The van der Waals surface area contributed by atoms with E-state index in [4.69, 9.17) is 15.0 Å². The maximum atomic E-state index is 15.4. The molecule has 2 aliphatic carbocycles. The summed E-state index contributed by atoms with van der Waals surface area (Å²) < 4.78 is 2.40. The van der Waals surface area contributed by atoms with Crippen molar-refractivity contribution >= 4 is 27.8 Å². The van der Waals surface area contributed by atoms with Gasteiger partial charge in [0, 0.05) is 40.1 Å². The van der Waals surface area contributed by atoms with Gasteiger partial charge in [-0.1, -0.05) is 152 Å². The van der Waals surface area contributed by atoms with Crippen LogP contribution in [0.25, 0.3) is 50.5 Å². The van der Waals surface area contributed by atoms with Gasteiger partial charge in [0.2, 0.25) is 0 Å². The van der Waals surface area contributed by atoms with Gasteiger partial charge in [-0.3, -0.25) is 4.79 Å². The van der Waals surface area contributed by atoms with E-state index < -0.39 is 5.92 Å². The van der Waals surface area contributed by atoms with Gasteiger partial charge in [0.25, 0.3) is 0 Å². The van der Waals surface area contributed by atoms with E-state index in [2.05, 4.69) is 114 Å². The molecule has 8 aromatic rings. The van der Waals surface area contributed by atoms with Crippen molar-refractivity contribution in [3.63, 3.8) is 0 Å². The lowest BCUT2D eigenvalue weighted by Gasteiger charge is -2.25.